The van der Waals surface area contributed by atoms with Gasteiger partial charge >= 0.3 is 12.1 Å². The molecule has 1 saturated heterocycles. The van der Waals surface area contributed by atoms with Crippen LogP contribution in [0.1, 0.15) is 20.3 Å². The molecule has 1 aromatic carbocycles. The number of anilines is 2. The highest BCUT2D eigenvalue weighted by atomic mass is 35.5. The number of benzene rings is 1. The number of nitrogens with zero attached hydrogens (tertiary/aromatic N) is 4. The number of hydrogen-bond acceptors (Lipinski definition) is 6. The number of hydrogen-bond donors (Lipinski definition) is 2. The van der Waals surface area contributed by atoms with E-state index in [9.17, 15) is 9.59 Å². The van der Waals surface area contributed by atoms with Crippen LogP contribution in [0.2, 0.25) is 5.02 Å². The van der Waals surface area contributed by atoms with Gasteiger partial charge in [-0.2, -0.15) is 0 Å². The standard InChI is InChI=1S/C22H25ClN6O4/c1-13(2)33-22(31)26-15-9-24-20-27-19(12-29(20)10-15)17-8-14(4-5-18(17)23)25-21(30)28-7-6-16(11-28)32-3/h4-5,8-10,12-13,16H,6-7,11H2,1-3H3,(H,25,30)(H,26,31)/t16-/m1/s1. The first-order chi connectivity index (χ1) is 15.8. The topological polar surface area (TPSA) is 110 Å². The van der Waals surface area contributed by atoms with Crippen LogP contribution < -0.4 is 10.6 Å². The lowest BCUT2D eigenvalue weighted by atomic mass is 10.1. The molecule has 3 heterocycles. The number of rotatable bonds is 5. The van der Waals surface area contributed by atoms with Crippen molar-refractivity contribution < 1.29 is 19.1 Å². The third-order valence-corrected chi connectivity index (χ3v) is 5.49. The van der Waals surface area contributed by atoms with Gasteiger partial charge in [-0.1, -0.05) is 11.6 Å². The number of aromatic nitrogens is 3. The summed E-state index contributed by atoms with van der Waals surface area (Å²) in [6, 6.07) is 5.03. The summed E-state index contributed by atoms with van der Waals surface area (Å²) in [5.41, 5.74) is 2.28. The van der Waals surface area contributed by atoms with E-state index in [-0.39, 0.29) is 18.2 Å². The molecule has 2 N–H and O–H groups in total. The number of ether oxygens (including phenoxy) is 2. The van der Waals surface area contributed by atoms with Crippen molar-refractivity contribution in [1.29, 1.82) is 0 Å². The number of likely N-dealkylation sites (tertiary alicyclic amines) is 1. The predicted molar refractivity (Wildman–Crippen MR) is 125 cm³/mol. The molecule has 11 heteroatoms. The van der Waals surface area contributed by atoms with E-state index in [1.54, 1.807) is 60.9 Å². The van der Waals surface area contributed by atoms with Crippen molar-refractivity contribution in [3.05, 3.63) is 41.8 Å². The fraction of sp³-hybridized carbons (Fsp3) is 0.364. The number of halogens is 1. The Morgan fingerprint density at radius 1 is 1.21 bits per heavy atom. The smallest absolute Gasteiger partial charge is 0.411 e. The number of fused-ring (bicyclic) bond motifs is 1. The molecule has 1 aliphatic heterocycles. The summed E-state index contributed by atoms with van der Waals surface area (Å²) in [6.07, 6.45) is 5.01. The monoisotopic (exact) mass is 472 g/mol. The number of carbonyl (C=O) groups is 2. The van der Waals surface area contributed by atoms with Crippen molar-refractivity contribution in [2.45, 2.75) is 32.5 Å². The third-order valence-electron chi connectivity index (χ3n) is 5.16. The molecule has 33 heavy (non-hydrogen) atoms. The molecule has 2 aromatic heterocycles. The van der Waals surface area contributed by atoms with Crippen LogP contribution in [0.15, 0.2) is 36.8 Å². The largest absolute Gasteiger partial charge is 0.447 e. The number of amides is 3. The van der Waals surface area contributed by atoms with E-state index in [0.717, 1.165) is 6.42 Å². The molecular weight excluding hydrogens is 448 g/mol. The van der Waals surface area contributed by atoms with Crippen molar-refractivity contribution >= 4 is 40.9 Å². The number of methoxy groups -OCH3 is 1. The lowest BCUT2D eigenvalue weighted by molar-refractivity contribution is 0.111. The van der Waals surface area contributed by atoms with Crippen LogP contribution in [0.4, 0.5) is 21.0 Å². The van der Waals surface area contributed by atoms with Crippen molar-refractivity contribution in [2.24, 2.45) is 0 Å². The van der Waals surface area contributed by atoms with E-state index in [0.29, 0.717) is 46.5 Å². The number of urea groups is 1. The fourth-order valence-electron chi connectivity index (χ4n) is 3.55. The van der Waals surface area contributed by atoms with E-state index in [4.69, 9.17) is 21.1 Å². The zero-order chi connectivity index (χ0) is 23.5. The molecule has 0 saturated carbocycles. The lowest BCUT2D eigenvalue weighted by Crippen LogP contribution is -2.33. The molecule has 0 unspecified atom stereocenters. The highest BCUT2D eigenvalue weighted by molar-refractivity contribution is 6.33. The zero-order valence-corrected chi connectivity index (χ0v) is 19.3. The SMILES string of the molecule is CO[C@@H]1CCN(C(=O)Nc2ccc(Cl)c(-c3cn4cc(NC(=O)OC(C)C)cnc4n3)c2)C1. The quantitative estimate of drug-likeness (QED) is 0.574. The highest BCUT2D eigenvalue weighted by Gasteiger charge is 2.26. The first kappa shape index (κ1) is 22.8. The Labute approximate surface area is 195 Å². The van der Waals surface area contributed by atoms with Crippen LogP contribution in [0.3, 0.4) is 0 Å². The number of imidazole rings is 1. The van der Waals surface area contributed by atoms with E-state index in [2.05, 4.69) is 20.6 Å². The molecule has 174 valence electrons. The fourth-order valence-corrected chi connectivity index (χ4v) is 3.76. The normalized spacial score (nSPS) is 15.8. The van der Waals surface area contributed by atoms with Gasteiger partial charge in [-0.25, -0.2) is 19.6 Å². The van der Waals surface area contributed by atoms with Crippen LogP contribution in [0.5, 0.6) is 0 Å². The maximum Gasteiger partial charge on any atom is 0.411 e. The van der Waals surface area contributed by atoms with Gasteiger partial charge in [0.15, 0.2) is 0 Å². The van der Waals surface area contributed by atoms with Gasteiger partial charge in [0, 0.05) is 43.8 Å². The first-order valence-electron chi connectivity index (χ1n) is 10.5. The Hall–Kier alpha value is -3.37. The van der Waals surface area contributed by atoms with Gasteiger partial charge in [-0.3, -0.25) is 9.72 Å². The number of carbonyl (C=O) groups excluding carboxylic acids is 2. The predicted octanol–water partition coefficient (Wildman–Crippen LogP) is 4.26. The second kappa shape index (κ2) is 9.63. The summed E-state index contributed by atoms with van der Waals surface area (Å²) in [7, 11) is 1.65. The Bertz CT molecular complexity index is 1180. The minimum absolute atomic E-state index is 0.0635. The maximum atomic E-state index is 12.6. The van der Waals surface area contributed by atoms with Gasteiger partial charge in [0.2, 0.25) is 5.78 Å². The van der Waals surface area contributed by atoms with Crippen molar-refractivity contribution in [1.82, 2.24) is 19.3 Å². The van der Waals surface area contributed by atoms with E-state index in [1.807, 2.05) is 0 Å². The van der Waals surface area contributed by atoms with E-state index >= 15 is 0 Å². The molecule has 10 nitrogen and oxygen atoms in total. The van der Waals surface area contributed by atoms with Crippen LogP contribution in [0.25, 0.3) is 17.0 Å². The molecule has 1 aliphatic rings. The highest BCUT2D eigenvalue weighted by Crippen LogP contribution is 2.30. The molecule has 1 atom stereocenters. The summed E-state index contributed by atoms with van der Waals surface area (Å²) >= 11 is 6.43. The van der Waals surface area contributed by atoms with Gasteiger partial charge in [0.05, 0.1) is 34.8 Å². The summed E-state index contributed by atoms with van der Waals surface area (Å²) in [5, 5.41) is 6.02. The van der Waals surface area contributed by atoms with Gasteiger partial charge in [0.25, 0.3) is 0 Å². The van der Waals surface area contributed by atoms with Gasteiger partial charge in [-0.15, -0.1) is 0 Å². The second-order valence-electron chi connectivity index (χ2n) is 7.97. The molecule has 0 bridgehead atoms. The van der Waals surface area contributed by atoms with Gasteiger partial charge in [0.1, 0.15) is 0 Å². The zero-order valence-electron chi connectivity index (χ0n) is 18.5. The van der Waals surface area contributed by atoms with Crippen LogP contribution >= 0.6 is 11.6 Å². The van der Waals surface area contributed by atoms with Crippen molar-refractivity contribution in [3.8, 4) is 11.3 Å². The average molecular weight is 473 g/mol. The maximum absolute atomic E-state index is 12.6. The molecule has 1 fully saturated rings. The van der Waals surface area contributed by atoms with Crippen molar-refractivity contribution in [2.75, 3.05) is 30.8 Å². The van der Waals surface area contributed by atoms with Crippen molar-refractivity contribution in [3.63, 3.8) is 0 Å². The molecular formula is C22H25ClN6O4. The molecule has 4 rings (SSSR count). The Morgan fingerprint density at radius 2 is 2.03 bits per heavy atom. The summed E-state index contributed by atoms with van der Waals surface area (Å²) in [6.45, 7) is 4.74. The molecule has 3 aromatic rings. The Balaban J connectivity index is 1.52. The van der Waals surface area contributed by atoms with Crippen LogP contribution in [-0.4, -0.2) is 63.8 Å². The Morgan fingerprint density at radius 3 is 2.76 bits per heavy atom. The van der Waals surface area contributed by atoms with Gasteiger partial charge < -0.3 is 19.7 Å². The molecule has 0 radical (unpaired) electrons. The summed E-state index contributed by atoms with van der Waals surface area (Å²) in [5.74, 6) is 0.431. The average Bonchev–Trinajstić information content (AvgIpc) is 3.41. The minimum Gasteiger partial charge on any atom is -0.447 e. The summed E-state index contributed by atoms with van der Waals surface area (Å²) in [4.78, 5) is 34.9. The van der Waals surface area contributed by atoms with Crippen LogP contribution in [0, 0.1) is 0 Å². The third kappa shape index (κ3) is 5.35. The van der Waals surface area contributed by atoms with E-state index < -0.39 is 6.09 Å². The van der Waals surface area contributed by atoms with Gasteiger partial charge in [-0.05, 0) is 38.5 Å². The number of nitrogens with one attached hydrogen (secondary N) is 2. The molecule has 3 amide bonds. The first-order valence-corrected chi connectivity index (χ1v) is 10.9. The minimum atomic E-state index is -0.562. The lowest BCUT2D eigenvalue weighted by Gasteiger charge is -2.17. The second-order valence-corrected chi connectivity index (χ2v) is 8.38. The van der Waals surface area contributed by atoms with E-state index in [1.165, 1.54) is 6.20 Å². The molecule has 0 aliphatic carbocycles. The summed E-state index contributed by atoms with van der Waals surface area (Å²) < 4.78 is 12.1. The van der Waals surface area contributed by atoms with Crippen LogP contribution in [-0.2, 0) is 9.47 Å². The Kier molecular flexibility index (Phi) is 6.66. The molecule has 0 spiro atoms.